The topological polar surface area (TPSA) is 88.1 Å². The quantitative estimate of drug-likeness (QED) is 0.696. The minimum atomic E-state index is -0.841. The smallest absolute Gasteiger partial charge is 0.318 e. The number of amides is 2. The molecule has 1 aliphatic rings. The van der Waals surface area contributed by atoms with Gasteiger partial charge in [-0.2, -0.15) is 0 Å². The van der Waals surface area contributed by atoms with Crippen molar-refractivity contribution in [2.45, 2.75) is 38.3 Å². The van der Waals surface area contributed by atoms with E-state index in [0.717, 1.165) is 6.42 Å². The first-order valence-electron chi connectivity index (χ1n) is 7.29. The molecule has 2 N–H and O–H groups in total. The third kappa shape index (κ3) is 5.17. The molecule has 0 aromatic carbocycles. The van der Waals surface area contributed by atoms with E-state index in [9.17, 15) is 9.59 Å². The monoisotopic (exact) mass is 302 g/mol. The zero-order chi connectivity index (χ0) is 15.8. The molecule has 0 radical (unpaired) electrons. The Morgan fingerprint density at radius 2 is 2.05 bits per heavy atom. The third-order valence-corrected chi connectivity index (χ3v) is 3.88. The molecule has 21 heavy (non-hydrogen) atoms. The lowest BCUT2D eigenvalue weighted by molar-refractivity contribution is -0.142. The number of aliphatic carboxylic acids is 1. The van der Waals surface area contributed by atoms with Crippen LogP contribution in [0.4, 0.5) is 4.79 Å². The number of nitrogens with one attached hydrogen (secondary N) is 1. The second-order valence-corrected chi connectivity index (χ2v) is 5.42. The fraction of sp³-hybridized carbons (Fsp3) is 0.857. The Kier molecular flexibility index (Phi) is 7.45. The second kappa shape index (κ2) is 8.84. The summed E-state index contributed by atoms with van der Waals surface area (Å²) < 4.78 is 10.1. The molecule has 7 heteroatoms. The van der Waals surface area contributed by atoms with Gasteiger partial charge >= 0.3 is 12.0 Å². The van der Waals surface area contributed by atoms with E-state index in [4.69, 9.17) is 14.6 Å². The summed E-state index contributed by atoms with van der Waals surface area (Å²) in [4.78, 5) is 25.2. The number of nitrogens with zero attached hydrogens (tertiary/aromatic N) is 1. The Morgan fingerprint density at radius 1 is 1.33 bits per heavy atom. The summed E-state index contributed by atoms with van der Waals surface area (Å²) in [5.74, 6) is -1.33. The Morgan fingerprint density at radius 3 is 2.62 bits per heavy atom. The number of hydrogen-bond acceptors (Lipinski definition) is 4. The highest BCUT2D eigenvalue weighted by molar-refractivity contribution is 5.77. The largest absolute Gasteiger partial charge is 0.481 e. The van der Waals surface area contributed by atoms with Crippen molar-refractivity contribution in [1.29, 1.82) is 0 Å². The lowest BCUT2D eigenvalue weighted by Crippen LogP contribution is -2.52. The first kappa shape index (κ1) is 17.7. The van der Waals surface area contributed by atoms with Crippen LogP contribution in [0.15, 0.2) is 0 Å². The number of methoxy groups -OCH3 is 2. The Balaban J connectivity index is 2.64. The lowest BCUT2D eigenvalue weighted by atomic mass is 10.0. The van der Waals surface area contributed by atoms with Crippen LogP contribution in [-0.2, 0) is 14.3 Å². The predicted octanol–water partition coefficient (Wildman–Crippen LogP) is 0.933. The normalized spacial score (nSPS) is 22.8. The SMILES string of the molecule is COCCN(C(=O)NC1CCCC1C(=O)O)C(C)COC. The minimum Gasteiger partial charge on any atom is -0.481 e. The van der Waals surface area contributed by atoms with Crippen molar-refractivity contribution in [1.82, 2.24) is 10.2 Å². The van der Waals surface area contributed by atoms with Crippen LogP contribution in [0.5, 0.6) is 0 Å². The van der Waals surface area contributed by atoms with Gasteiger partial charge in [0.2, 0.25) is 0 Å². The molecule has 0 aromatic rings. The average Bonchev–Trinajstić information content (AvgIpc) is 2.87. The molecule has 2 amide bonds. The molecular weight excluding hydrogens is 276 g/mol. The van der Waals surface area contributed by atoms with Gasteiger partial charge < -0.3 is 24.8 Å². The fourth-order valence-electron chi connectivity index (χ4n) is 2.71. The molecule has 3 atom stereocenters. The van der Waals surface area contributed by atoms with Crippen LogP contribution in [0.1, 0.15) is 26.2 Å². The van der Waals surface area contributed by atoms with Gasteiger partial charge in [-0.15, -0.1) is 0 Å². The molecule has 1 saturated carbocycles. The maximum absolute atomic E-state index is 12.4. The first-order chi connectivity index (χ1) is 10.0. The van der Waals surface area contributed by atoms with E-state index in [2.05, 4.69) is 5.32 Å². The number of carboxylic acid groups (broad SMARTS) is 1. The van der Waals surface area contributed by atoms with E-state index in [1.54, 1.807) is 19.1 Å². The summed E-state index contributed by atoms with van der Waals surface area (Å²) in [5.41, 5.74) is 0. The van der Waals surface area contributed by atoms with Gasteiger partial charge in [-0.25, -0.2) is 4.79 Å². The summed E-state index contributed by atoms with van der Waals surface area (Å²) in [6.45, 7) is 3.18. The van der Waals surface area contributed by atoms with Crippen LogP contribution in [-0.4, -0.2) is 68.1 Å². The highest BCUT2D eigenvalue weighted by atomic mass is 16.5. The van der Waals surface area contributed by atoms with Crippen molar-refractivity contribution in [2.24, 2.45) is 5.92 Å². The molecule has 122 valence electrons. The van der Waals surface area contributed by atoms with E-state index >= 15 is 0 Å². The third-order valence-electron chi connectivity index (χ3n) is 3.88. The zero-order valence-electron chi connectivity index (χ0n) is 13.0. The number of urea groups is 1. The molecule has 0 aliphatic heterocycles. The van der Waals surface area contributed by atoms with Crippen molar-refractivity contribution >= 4 is 12.0 Å². The van der Waals surface area contributed by atoms with E-state index in [-0.39, 0.29) is 18.1 Å². The maximum Gasteiger partial charge on any atom is 0.318 e. The molecule has 0 saturated heterocycles. The van der Waals surface area contributed by atoms with Crippen molar-refractivity contribution in [3.05, 3.63) is 0 Å². The van der Waals surface area contributed by atoms with Gasteiger partial charge in [-0.3, -0.25) is 4.79 Å². The Bertz CT molecular complexity index is 350. The second-order valence-electron chi connectivity index (χ2n) is 5.42. The fourth-order valence-corrected chi connectivity index (χ4v) is 2.71. The Hall–Kier alpha value is -1.34. The van der Waals surface area contributed by atoms with Crippen LogP contribution in [0.25, 0.3) is 0 Å². The van der Waals surface area contributed by atoms with Crippen molar-refractivity contribution in [2.75, 3.05) is 34.0 Å². The number of carbonyl (C=O) groups is 2. The average molecular weight is 302 g/mol. The van der Waals surface area contributed by atoms with Gasteiger partial charge in [-0.05, 0) is 19.8 Å². The van der Waals surface area contributed by atoms with Crippen molar-refractivity contribution in [3.8, 4) is 0 Å². The van der Waals surface area contributed by atoms with Crippen molar-refractivity contribution in [3.63, 3.8) is 0 Å². The lowest BCUT2D eigenvalue weighted by Gasteiger charge is -2.30. The van der Waals surface area contributed by atoms with E-state index in [1.165, 1.54) is 0 Å². The van der Waals surface area contributed by atoms with Crippen LogP contribution in [0.3, 0.4) is 0 Å². The van der Waals surface area contributed by atoms with Gasteiger partial charge in [0.15, 0.2) is 0 Å². The first-order valence-corrected chi connectivity index (χ1v) is 7.29. The molecule has 0 spiro atoms. The molecule has 1 aliphatic carbocycles. The van der Waals surface area contributed by atoms with E-state index in [1.807, 2.05) is 6.92 Å². The summed E-state index contributed by atoms with van der Waals surface area (Å²) in [5, 5.41) is 12.0. The number of carboxylic acids is 1. The molecule has 1 fully saturated rings. The van der Waals surface area contributed by atoms with Crippen LogP contribution in [0.2, 0.25) is 0 Å². The summed E-state index contributed by atoms with van der Waals surface area (Å²) in [6.07, 6.45) is 2.15. The highest BCUT2D eigenvalue weighted by Crippen LogP contribution is 2.26. The number of rotatable bonds is 8. The van der Waals surface area contributed by atoms with Gasteiger partial charge in [0.05, 0.1) is 25.2 Å². The minimum absolute atomic E-state index is 0.102. The van der Waals surface area contributed by atoms with Gasteiger partial charge in [0, 0.05) is 26.8 Å². The van der Waals surface area contributed by atoms with Crippen LogP contribution in [0, 0.1) is 5.92 Å². The van der Waals surface area contributed by atoms with E-state index < -0.39 is 11.9 Å². The molecule has 0 heterocycles. The molecule has 1 rings (SSSR count). The summed E-state index contributed by atoms with van der Waals surface area (Å²) in [6, 6.07) is -0.653. The maximum atomic E-state index is 12.4. The molecule has 7 nitrogen and oxygen atoms in total. The zero-order valence-corrected chi connectivity index (χ0v) is 13.0. The van der Waals surface area contributed by atoms with Gasteiger partial charge in [-0.1, -0.05) is 6.42 Å². The number of hydrogen-bond donors (Lipinski definition) is 2. The van der Waals surface area contributed by atoms with Crippen LogP contribution < -0.4 is 5.32 Å². The van der Waals surface area contributed by atoms with Crippen molar-refractivity contribution < 1.29 is 24.2 Å². The Labute approximate surface area is 125 Å². The number of ether oxygens (including phenoxy) is 2. The standard InChI is InChI=1S/C14H26N2O5/c1-10(9-21-3)16(7-8-20-2)14(19)15-12-6-4-5-11(12)13(17)18/h10-12H,4-9H2,1-3H3,(H,15,19)(H,17,18). The highest BCUT2D eigenvalue weighted by Gasteiger charge is 2.35. The summed E-state index contributed by atoms with van der Waals surface area (Å²) in [7, 11) is 3.16. The molecule has 0 bridgehead atoms. The summed E-state index contributed by atoms with van der Waals surface area (Å²) >= 11 is 0. The van der Waals surface area contributed by atoms with Crippen LogP contribution >= 0.6 is 0 Å². The molecule has 0 aromatic heterocycles. The van der Waals surface area contributed by atoms with Gasteiger partial charge in [0.1, 0.15) is 0 Å². The number of carbonyl (C=O) groups excluding carboxylic acids is 1. The van der Waals surface area contributed by atoms with E-state index in [0.29, 0.717) is 32.6 Å². The predicted molar refractivity (Wildman–Crippen MR) is 77.2 cm³/mol. The molecule has 3 unspecified atom stereocenters. The molecular formula is C14H26N2O5. The van der Waals surface area contributed by atoms with Gasteiger partial charge in [0.25, 0.3) is 0 Å².